The van der Waals surface area contributed by atoms with Crippen LogP contribution in [0.15, 0.2) is 30.3 Å². The topological polar surface area (TPSA) is 29.5 Å². The average molecular weight is 351 g/mol. The van der Waals surface area contributed by atoms with Gasteiger partial charge in [-0.05, 0) is 5.56 Å². The molecule has 17 heavy (non-hydrogen) atoms. The number of benzene rings is 1. The first-order valence-corrected chi connectivity index (χ1v) is 5.57. The lowest BCUT2D eigenvalue weighted by atomic mass is 10.2. The summed E-state index contributed by atoms with van der Waals surface area (Å²) in [5, 5.41) is 9.72. The zero-order valence-corrected chi connectivity index (χ0v) is 12.9. The Morgan fingerprint density at radius 1 is 1.18 bits per heavy atom. The van der Waals surface area contributed by atoms with Crippen molar-refractivity contribution in [1.82, 2.24) is 0 Å². The lowest BCUT2D eigenvalue weighted by Crippen LogP contribution is -3.00. The first-order valence-electron chi connectivity index (χ1n) is 5.57. The second-order valence-electron chi connectivity index (χ2n) is 5.13. The maximum atomic E-state index is 9.72. The Morgan fingerprint density at radius 2 is 1.76 bits per heavy atom. The Hall–Kier alpha value is -0.170. The fourth-order valence-electron chi connectivity index (χ4n) is 1.57. The number of nitrogens with zero attached hydrogens (tertiary/aromatic N) is 1. The van der Waals surface area contributed by atoms with Crippen molar-refractivity contribution in [2.75, 3.05) is 34.3 Å². The summed E-state index contributed by atoms with van der Waals surface area (Å²) in [6, 6.07) is 10.00. The summed E-state index contributed by atoms with van der Waals surface area (Å²) in [7, 11) is 6.17. The lowest BCUT2D eigenvalue weighted by molar-refractivity contribution is -0.873. The molecule has 1 aromatic rings. The highest BCUT2D eigenvalue weighted by Crippen LogP contribution is 2.02. The molecule has 1 N–H and O–H groups in total. The predicted octanol–water partition coefficient (Wildman–Crippen LogP) is -1.73. The second-order valence-corrected chi connectivity index (χ2v) is 5.13. The van der Waals surface area contributed by atoms with E-state index in [-0.39, 0.29) is 24.0 Å². The molecular formula is C13H22INO2. The van der Waals surface area contributed by atoms with Crippen molar-refractivity contribution < 1.29 is 38.3 Å². The molecule has 98 valence electrons. The second kappa shape index (κ2) is 8.02. The molecule has 0 fully saturated rings. The van der Waals surface area contributed by atoms with Crippen molar-refractivity contribution in [3.8, 4) is 0 Å². The SMILES string of the molecule is C[N+](C)(C)CC(O)COCc1ccccc1.[I-]. The normalized spacial score (nSPS) is 12.9. The standard InChI is InChI=1S/C13H22NO2.HI/c1-14(2,3)9-13(15)11-16-10-12-7-5-4-6-8-12;/h4-8,13,15H,9-11H2,1-3H3;1H/q+1;/p-1. The van der Waals surface area contributed by atoms with Crippen LogP contribution in [-0.2, 0) is 11.3 Å². The summed E-state index contributed by atoms with van der Waals surface area (Å²) in [4.78, 5) is 0. The largest absolute Gasteiger partial charge is 1.00 e. The molecule has 0 heterocycles. The van der Waals surface area contributed by atoms with E-state index >= 15 is 0 Å². The molecule has 0 aliphatic rings. The zero-order chi connectivity index (χ0) is 12.0. The van der Waals surface area contributed by atoms with Gasteiger partial charge in [-0.25, -0.2) is 0 Å². The van der Waals surface area contributed by atoms with Crippen molar-refractivity contribution in [2.45, 2.75) is 12.7 Å². The molecule has 1 rings (SSSR count). The van der Waals surface area contributed by atoms with Crippen LogP contribution in [0.1, 0.15) is 5.56 Å². The molecule has 0 radical (unpaired) electrons. The fraction of sp³-hybridized carbons (Fsp3) is 0.538. The van der Waals surface area contributed by atoms with Gasteiger partial charge in [0.1, 0.15) is 12.6 Å². The Labute approximate surface area is 121 Å². The first-order chi connectivity index (χ1) is 7.47. The average Bonchev–Trinajstić information content (AvgIpc) is 2.16. The van der Waals surface area contributed by atoms with Crippen molar-refractivity contribution >= 4 is 0 Å². The van der Waals surface area contributed by atoms with Crippen LogP contribution >= 0.6 is 0 Å². The van der Waals surface area contributed by atoms with Gasteiger partial charge in [-0.2, -0.15) is 0 Å². The Balaban J connectivity index is 0.00000256. The van der Waals surface area contributed by atoms with E-state index in [1.165, 1.54) is 0 Å². The molecule has 0 aliphatic heterocycles. The summed E-state index contributed by atoms with van der Waals surface area (Å²) in [6.45, 7) is 1.66. The summed E-state index contributed by atoms with van der Waals surface area (Å²) in [5.41, 5.74) is 1.14. The molecule has 1 aromatic carbocycles. The van der Waals surface area contributed by atoms with Crippen molar-refractivity contribution in [3.63, 3.8) is 0 Å². The van der Waals surface area contributed by atoms with E-state index in [1.54, 1.807) is 0 Å². The molecule has 1 unspecified atom stereocenters. The van der Waals surface area contributed by atoms with E-state index in [9.17, 15) is 5.11 Å². The van der Waals surface area contributed by atoms with Crippen molar-refractivity contribution in [3.05, 3.63) is 35.9 Å². The molecule has 0 aliphatic carbocycles. The van der Waals surface area contributed by atoms with Gasteiger partial charge in [0.15, 0.2) is 0 Å². The van der Waals surface area contributed by atoms with E-state index in [1.807, 2.05) is 30.3 Å². The number of rotatable bonds is 6. The number of aliphatic hydroxyl groups is 1. The Kier molecular flexibility index (Phi) is 7.94. The molecule has 0 saturated heterocycles. The third-order valence-corrected chi connectivity index (χ3v) is 2.18. The van der Waals surface area contributed by atoms with Crippen LogP contribution in [0.2, 0.25) is 0 Å². The third kappa shape index (κ3) is 8.54. The molecule has 3 nitrogen and oxygen atoms in total. The smallest absolute Gasteiger partial charge is 0.126 e. The van der Waals surface area contributed by atoms with Gasteiger partial charge >= 0.3 is 0 Å². The van der Waals surface area contributed by atoms with Gasteiger partial charge in [0, 0.05) is 0 Å². The molecule has 0 spiro atoms. The minimum absolute atomic E-state index is 0. The van der Waals surface area contributed by atoms with Crippen LogP contribution in [0.25, 0.3) is 0 Å². The number of aliphatic hydroxyl groups excluding tert-OH is 1. The van der Waals surface area contributed by atoms with Crippen LogP contribution in [0.5, 0.6) is 0 Å². The third-order valence-electron chi connectivity index (χ3n) is 2.18. The molecule has 1 atom stereocenters. The van der Waals surface area contributed by atoms with Crippen LogP contribution in [0, 0.1) is 0 Å². The Morgan fingerprint density at radius 3 is 2.29 bits per heavy atom. The fourth-order valence-corrected chi connectivity index (χ4v) is 1.57. The van der Waals surface area contributed by atoms with Gasteiger partial charge < -0.3 is 38.3 Å². The summed E-state index contributed by atoms with van der Waals surface area (Å²) in [5.74, 6) is 0. The van der Waals surface area contributed by atoms with Crippen LogP contribution in [-0.4, -0.2) is 50.0 Å². The first kappa shape index (κ1) is 16.8. The van der Waals surface area contributed by atoms with E-state index in [4.69, 9.17) is 4.74 Å². The van der Waals surface area contributed by atoms with Gasteiger partial charge in [-0.3, -0.25) is 0 Å². The van der Waals surface area contributed by atoms with Crippen LogP contribution in [0.3, 0.4) is 0 Å². The van der Waals surface area contributed by atoms with Crippen molar-refractivity contribution in [2.24, 2.45) is 0 Å². The van der Waals surface area contributed by atoms with Gasteiger partial charge in [0.25, 0.3) is 0 Å². The molecule has 4 heteroatoms. The van der Waals surface area contributed by atoms with Crippen LogP contribution in [0.4, 0.5) is 0 Å². The number of hydrogen-bond donors (Lipinski definition) is 1. The highest BCUT2D eigenvalue weighted by atomic mass is 127. The van der Waals surface area contributed by atoms with Crippen LogP contribution < -0.4 is 24.0 Å². The maximum Gasteiger partial charge on any atom is 0.126 e. The molecule has 0 saturated carbocycles. The number of halogens is 1. The van der Waals surface area contributed by atoms with Gasteiger partial charge in [-0.15, -0.1) is 0 Å². The van der Waals surface area contributed by atoms with Crippen molar-refractivity contribution in [1.29, 1.82) is 0 Å². The Bertz CT molecular complexity index is 298. The number of likely N-dealkylation sites (N-methyl/N-ethyl adjacent to an activating group) is 1. The van der Waals surface area contributed by atoms with E-state index in [0.717, 1.165) is 10.0 Å². The quantitative estimate of drug-likeness (QED) is 0.488. The zero-order valence-electron chi connectivity index (χ0n) is 10.8. The van der Waals surface area contributed by atoms with E-state index in [0.29, 0.717) is 19.8 Å². The number of quaternary nitrogens is 1. The van der Waals surface area contributed by atoms with E-state index in [2.05, 4.69) is 21.1 Å². The molecule has 0 aromatic heterocycles. The number of hydrogen-bond acceptors (Lipinski definition) is 2. The monoisotopic (exact) mass is 351 g/mol. The summed E-state index contributed by atoms with van der Waals surface area (Å²) >= 11 is 0. The van der Waals surface area contributed by atoms with Gasteiger partial charge in [0.05, 0.1) is 34.4 Å². The highest BCUT2D eigenvalue weighted by molar-refractivity contribution is 5.13. The minimum Gasteiger partial charge on any atom is -1.00 e. The van der Waals surface area contributed by atoms with E-state index < -0.39 is 6.10 Å². The minimum atomic E-state index is -0.399. The summed E-state index contributed by atoms with van der Waals surface area (Å²) in [6.07, 6.45) is -0.399. The summed E-state index contributed by atoms with van der Waals surface area (Å²) < 4.78 is 6.21. The predicted molar refractivity (Wildman–Crippen MR) is 65.0 cm³/mol. The van der Waals surface area contributed by atoms with Gasteiger partial charge in [-0.1, -0.05) is 30.3 Å². The maximum absolute atomic E-state index is 9.72. The highest BCUT2D eigenvalue weighted by Gasteiger charge is 2.15. The molecule has 0 amide bonds. The number of ether oxygens (including phenoxy) is 1. The molecule has 0 bridgehead atoms. The molecular weight excluding hydrogens is 329 g/mol. The lowest BCUT2D eigenvalue weighted by Gasteiger charge is -2.26. The van der Waals surface area contributed by atoms with Gasteiger partial charge in [0.2, 0.25) is 0 Å².